The van der Waals surface area contributed by atoms with Crippen LogP contribution in [0, 0.1) is 5.82 Å². The second kappa shape index (κ2) is 9.32. The largest absolute Gasteiger partial charge is 0.451 e. The van der Waals surface area contributed by atoms with Crippen molar-refractivity contribution < 1.29 is 33.0 Å². The lowest BCUT2D eigenvalue weighted by Gasteiger charge is -2.22. The number of nitrogens with one attached hydrogen (secondary N) is 2. The Morgan fingerprint density at radius 1 is 1.24 bits per heavy atom. The maximum Gasteiger partial charge on any atom is 0.410 e. The highest BCUT2D eigenvalue weighted by atomic mass is 35.5. The summed E-state index contributed by atoms with van der Waals surface area (Å²) in [5.41, 5.74) is 1.28. The predicted molar refractivity (Wildman–Crippen MR) is 121 cm³/mol. The fraction of sp³-hybridized carbons (Fsp3) is 0.261. The van der Waals surface area contributed by atoms with E-state index in [1.54, 1.807) is 31.2 Å². The summed E-state index contributed by atoms with van der Waals surface area (Å²) in [7, 11) is 0. The molecule has 0 bridgehead atoms. The number of halogens is 2. The molecule has 34 heavy (non-hydrogen) atoms. The molecule has 0 radical (unpaired) electrons. The number of nitrogens with zero attached hydrogens (tertiary/aromatic N) is 1. The minimum absolute atomic E-state index is 0.0919. The van der Waals surface area contributed by atoms with Crippen LogP contribution in [0.1, 0.15) is 29.5 Å². The lowest BCUT2D eigenvalue weighted by Crippen LogP contribution is -2.46. The Labute approximate surface area is 198 Å². The number of carbonyl (C=O) groups is 3. The van der Waals surface area contributed by atoms with Gasteiger partial charge < -0.3 is 29.8 Å². The molecule has 0 spiro atoms. The van der Waals surface area contributed by atoms with Crippen LogP contribution < -0.4 is 15.5 Å². The average molecular weight is 490 g/mol. The van der Waals surface area contributed by atoms with Gasteiger partial charge in [0.25, 0.3) is 17.6 Å². The van der Waals surface area contributed by atoms with Crippen LogP contribution in [0.5, 0.6) is 0 Å². The van der Waals surface area contributed by atoms with Gasteiger partial charge in [0.1, 0.15) is 11.4 Å². The highest BCUT2D eigenvalue weighted by molar-refractivity contribution is 6.30. The third-order valence-electron chi connectivity index (χ3n) is 5.25. The van der Waals surface area contributed by atoms with Gasteiger partial charge in [0.2, 0.25) is 0 Å². The molecule has 3 amide bonds. The smallest absolute Gasteiger partial charge is 0.410 e. The van der Waals surface area contributed by atoms with Gasteiger partial charge in [0, 0.05) is 42.2 Å². The molecule has 0 saturated carbocycles. The number of aliphatic hydroxyl groups is 1. The van der Waals surface area contributed by atoms with Gasteiger partial charge in [-0.15, -0.1) is 0 Å². The van der Waals surface area contributed by atoms with E-state index in [1.807, 2.05) is 0 Å². The van der Waals surface area contributed by atoms with Gasteiger partial charge in [0.15, 0.2) is 5.76 Å². The summed E-state index contributed by atoms with van der Waals surface area (Å²) >= 11 is 5.79. The molecule has 0 aliphatic carbocycles. The van der Waals surface area contributed by atoms with Gasteiger partial charge in [-0.1, -0.05) is 11.6 Å². The van der Waals surface area contributed by atoms with Gasteiger partial charge in [0.05, 0.1) is 0 Å². The number of ether oxygens (including phenoxy) is 1. The lowest BCUT2D eigenvalue weighted by molar-refractivity contribution is -0.175. The van der Waals surface area contributed by atoms with E-state index >= 15 is 0 Å². The zero-order chi connectivity index (χ0) is 24.5. The quantitative estimate of drug-likeness (QED) is 0.457. The third-order valence-corrected chi connectivity index (χ3v) is 5.47. The SMILES string of the molecule is CCNC(=O)c1cc2cc(N3CC[C@@](O)(OC(=O)NCc4cc(F)cc(Cl)c4)C3=O)ccc2o1. The highest BCUT2D eigenvalue weighted by Crippen LogP contribution is 2.32. The van der Waals surface area contributed by atoms with Gasteiger partial charge >= 0.3 is 6.09 Å². The Kier molecular flexibility index (Phi) is 6.45. The summed E-state index contributed by atoms with van der Waals surface area (Å²) in [6.45, 7) is 2.22. The van der Waals surface area contributed by atoms with E-state index in [1.165, 1.54) is 17.0 Å². The van der Waals surface area contributed by atoms with Gasteiger partial charge in [-0.2, -0.15) is 0 Å². The minimum Gasteiger partial charge on any atom is -0.451 e. The van der Waals surface area contributed by atoms with Crippen LogP contribution in [0.2, 0.25) is 5.02 Å². The minimum atomic E-state index is -2.36. The molecule has 3 N–H and O–H groups in total. The summed E-state index contributed by atoms with van der Waals surface area (Å²) in [5.74, 6) is -3.96. The van der Waals surface area contributed by atoms with E-state index in [4.69, 9.17) is 20.8 Å². The summed E-state index contributed by atoms with van der Waals surface area (Å²) in [6, 6.07) is 10.2. The summed E-state index contributed by atoms with van der Waals surface area (Å²) < 4.78 is 24.0. The van der Waals surface area contributed by atoms with E-state index in [0.717, 1.165) is 6.07 Å². The average Bonchev–Trinajstić information content (AvgIpc) is 3.33. The molecule has 11 heteroatoms. The molecule has 1 atom stereocenters. The Morgan fingerprint density at radius 2 is 2.03 bits per heavy atom. The van der Waals surface area contributed by atoms with Crippen molar-refractivity contribution >= 4 is 46.2 Å². The van der Waals surface area contributed by atoms with Gasteiger partial charge in [-0.3, -0.25) is 9.59 Å². The molecular weight excluding hydrogens is 469 g/mol. The number of furan rings is 1. The summed E-state index contributed by atoms with van der Waals surface area (Å²) in [4.78, 5) is 38.3. The van der Waals surface area contributed by atoms with Gasteiger partial charge in [-0.25, -0.2) is 9.18 Å². The van der Waals surface area contributed by atoms with Crippen molar-refractivity contribution in [2.24, 2.45) is 0 Å². The van der Waals surface area contributed by atoms with E-state index in [2.05, 4.69) is 10.6 Å². The van der Waals surface area contributed by atoms with Crippen LogP contribution in [0.25, 0.3) is 11.0 Å². The van der Waals surface area contributed by atoms with Crippen LogP contribution in [-0.2, 0) is 16.1 Å². The first-order valence-corrected chi connectivity index (χ1v) is 10.8. The number of amides is 3. The molecule has 2 heterocycles. The van der Waals surface area contributed by atoms with Crippen LogP contribution >= 0.6 is 11.6 Å². The molecule has 1 aromatic heterocycles. The summed E-state index contributed by atoms with van der Waals surface area (Å²) in [5, 5.41) is 16.4. The monoisotopic (exact) mass is 489 g/mol. The molecule has 178 valence electrons. The molecular formula is C23H21ClFN3O6. The van der Waals surface area contributed by atoms with E-state index in [0.29, 0.717) is 28.8 Å². The van der Waals surface area contributed by atoms with E-state index in [-0.39, 0.29) is 36.2 Å². The van der Waals surface area contributed by atoms with Crippen LogP contribution in [0.15, 0.2) is 46.9 Å². The number of anilines is 1. The number of carbonyl (C=O) groups excluding carboxylic acids is 3. The van der Waals surface area contributed by atoms with Crippen molar-refractivity contribution in [1.29, 1.82) is 0 Å². The molecule has 2 aromatic carbocycles. The Bertz CT molecular complexity index is 1260. The molecule has 4 rings (SSSR count). The topological polar surface area (TPSA) is 121 Å². The second-order valence-electron chi connectivity index (χ2n) is 7.70. The number of hydrogen-bond donors (Lipinski definition) is 3. The fourth-order valence-electron chi connectivity index (χ4n) is 3.66. The molecule has 1 fully saturated rings. The number of rotatable bonds is 6. The van der Waals surface area contributed by atoms with Crippen LogP contribution in [-0.4, -0.2) is 41.9 Å². The molecule has 1 saturated heterocycles. The van der Waals surface area contributed by atoms with Crippen molar-refractivity contribution in [3.63, 3.8) is 0 Å². The number of alkyl carbamates (subject to hydrolysis) is 1. The zero-order valence-corrected chi connectivity index (χ0v) is 18.8. The highest BCUT2D eigenvalue weighted by Gasteiger charge is 2.49. The second-order valence-corrected chi connectivity index (χ2v) is 8.14. The fourth-order valence-corrected chi connectivity index (χ4v) is 3.90. The maximum atomic E-state index is 13.4. The van der Waals surface area contributed by atoms with Crippen LogP contribution in [0.4, 0.5) is 14.9 Å². The first kappa shape index (κ1) is 23.5. The standard InChI is InChI=1S/C23H21ClFN3O6/c1-2-26-20(29)19-10-14-9-17(3-4-18(14)33-19)28-6-5-23(32,21(28)30)34-22(31)27-12-13-7-15(24)11-16(25)8-13/h3-4,7-11,32H,2,5-6,12H2,1H3,(H,26,29)(H,27,31)/t23-/m1/s1. The molecule has 0 unspecified atom stereocenters. The Hall–Kier alpha value is -3.63. The Morgan fingerprint density at radius 3 is 2.76 bits per heavy atom. The van der Waals surface area contributed by atoms with Crippen molar-refractivity contribution in [3.05, 3.63) is 64.6 Å². The zero-order valence-electron chi connectivity index (χ0n) is 18.1. The number of hydrogen-bond acceptors (Lipinski definition) is 6. The van der Waals surface area contributed by atoms with Crippen molar-refractivity contribution in [2.45, 2.75) is 25.7 Å². The lowest BCUT2D eigenvalue weighted by atomic mass is 10.2. The summed E-state index contributed by atoms with van der Waals surface area (Å²) in [6.07, 6.45) is -1.20. The normalized spacial score (nSPS) is 17.8. The maximum absolute atomic E-state index is 13.4. The first-order chi connectivity index (χ1) is 16.2. The number of benzene rings is 2. The number of fused-ring (bicyclic) bond motifs is 1. The van der Waals surface area contributed by atoms with E-state index < -0.39 is 23.6 Å². The van der Waals surface area contributed by atoms with Crippen molar-refractivity contribution in [3.8, 4) is 0 Å². The first-order valence-electron chi connectivity index (χ1n) is 10.5. The van der Waals surface area contributed by atoms with Crippen molar-refractivity contribution in [2.75, 3.05) is 18.0 Å². The van der Waals surface area contributed by atoms with Gasteiger partial charge in [-0.05, 0) is 55.0 Å². The Balaban J connectivity index is 1.43. The molecule has 1 aliphatic heterocycles. The van der Waals surface area contributed by atoms with E-state index in [9.17, 15) is 23.9 Å². The molecule has 9 nitrogen and oxygen atoms in total. The molecule has 1 aliphatic rings. The predicted octanol–water partition coefficient (Wildman–Crippen LogP) is 3.33. The molecule has 3 aromatic rings. The third kappa shape index (κ3) is 4.82. The van der Waals surface area contributed by atoms with Crippen molar-refractivity contribution in [1.82, 2.24) is 10.6 Å². The van der Waals surface area contributed by atoms with Crippen LogP contribution in [0.3, 0.4) is 0 Å².